The second-order valence-corrected chi connectivity index (χ2v) is 5.43. The third kappa shape index (κ3) is 3.69. The summed E-state index contributed by atoms with van der Waals surface area (Å²) in [6.07, 6.45) is 3.55. The molecule has 0 aliphatic heterocycles. The number of hydrogen-bond donors (Lipinski definition) is 2. The molecular weight excluding hydrogens is 357 g/mol. The summed E-state index contributed by atoms with van der Waals surface area (Å²) in [5.74, 6) is -0.0839. The average molecular weight is 371 g/mol. The number of nitrogens with one attached hydrogen (secondary N) is 1. The highest BCUT2D eigenvalue weighted by molar-refractivity contribution is 14.1. The molecule has 1 heterocycles. The summed E-state index contributed by atoms with van der Waals surface area (Å²) < 4.78 is 2.48. The third-order valence-corrected chi connectivity index (χ3v) is 3.52. The fourth-order valence-electron chi connectivity index (χ4n) is 1.70. The summed E-state index contributed by atoms with van der Waals surface area (Å²) in [4.78, 5) is 12.0. The van der Waals surface area contributed by atoms with E-state index in [0.29, 0.717) is 12.1 Å². The van der Waals surface area contributed by atoms with E-state index in [4.69, 9.17) is 0 Å². The maximum Gasteiger partial charge on any atom is 0.251 e. The number of benzene rings is 1. The van der Waals surface area contributed by atoms with Crippen LogP contribution in [0.25, 0.3) is 0 Å². The molecule has 100 valence electrons. The predicted octanol–water partition coefficient (Wildman–Crippen LogP) is 2.01. The van der Waals surface area contributed by atoms with Crippen molar-refractivity contribution in [2.45, 2.75) is 19.5 Å². The second-order valence-electron chi connectivity index (χ2n) is 4.27. The highest BCUT2D eigenvalue weighted by atomic mass is 127. The molecule has 0 saturated carbocycles. The molecular formula is C13H14IN3O2. The van der Waals surface area contributed by atoms with Gasteiger partial charge < -0.3 is 10.4 Å². The van der Waals surface area contributed by atoms with E-state index in [9.17, 15) is 9.90 Å². The Morgan fingerprint density at radius 3 is 3.00 bits per heavy atom. The number of rotatable bonds is 4. The van der Waals surface area contributed by atoms with Gasteiger partial charge in [-0.3, -0.25) is 9.48 Å². The van der Waals surface area contributed by atoms with Crippen LogP contribution in [0.2, 0.25) is 0 Å². The average Bonchev–Trinajstić information content (AvgIpc) is 2.85. The quantitative estimate of drug-likeness (QED) is 0.809. The van der Waals surface area contributed by atoms with E-state index < -0.39 is 0 Å². The molecule has 0 bridgehead atoms. The number of hydrogen-bond acceptors (Lipinski definition) is 3. The SMILES string of the molecule is CC(Cn1cccn1)NC(=O)c1ccc(I)c(O)c1. The summed E-state index contributed by atoms with van der Waals surface area (Å²) in [6.45, 7) is 2.52. The highest BCUT2D eigenvalue weighted by Crippen LogP contribution is 2.20. The zero-order valence-corrected chi connectivity index (χ0v) is 12.5. The largest absolute Gasteiger partial charge is 0.507 e. The van der Waals surface area contributed by atoms with Crippen molar-refractivity contribution in [1.82, 2.24) is 15.1 Å². The maximum absolute atomic E-state index is 12.0. The van der Waals surface area contributed by atoms with Crippen LogP contribution in [0.15, 0.2) is 36.7 Å². The molecule has 1 aromatic carbocycles. The second kappa shape index (κ2) is 6.05. The zero-order chi connectivity index (χ0) is 13.8. The number of amides is 1. The number of phenols is 1. The molecule has 6 heteroatoms. The minimum atomic E-state index is -0.202. The molecule has 1 atom stereocenters. The Bertz CT molecular complexity index is 569. The number of carbonyl (C=O) groups excluding carboxylic acids is 1. The summed E-state index contributed by atoms with van der Waals surface area (Å²) >= 11 is 2.01. The van der Waals surface area contributed by atoms with Gasteiger partial charge in [0.25, 0.3) is 5.91 Å². The van der Waals surface area contributed by atoms with Gasteiger partial charge in [0.1, 0.15) is 5.75 Å². The predicted molar refractivity (Wildman–Crippen MR) is 80.0 cm³/mol. The first-order chi connectivity index (χ1) is 9.06. The Hall–Kier alpha value is -1.57. The summed E-state index contributed by atoms with van der Waals surface area (Å²) in [5, 5.41) is 16.5. The molecule has 2 rings (SSSR count). The molecule has 5 nitrogen and oxygen atoms in total. The number of carbonyl (C=O) groups is 1. The van der Waals surface area contributed by atoms with Crippen molar-refractivity contribution in [3.05, 3.63) is 45.8 Å². The Morgan fingerprint density at radius 2 is 2.37 bits per heavy atom. The van der Waals surface area contributed by atoms with Gasteiger partial charge in [0, 0.05) is 24.0 Å². The first-order valence-corrected chi connectivity index (χ1v) is 6.91. The lowest BCUT2D eigenvalue weighted by molar-refractivity contribution is 0.0935. The molecule has 19 heavy (non-hydrogen) atoms. The molecule has 0 saturated heterocycles. The lowest BCUT2D eigenvalue weighted by Gasteiger charge is -2.14. The van der Waals surface area contributed by atoms with E-state index in [0.717, 1.165) is 3.57 Å². The van der Waals surface area contributed by atoms with Gasteiger partial charge in [-0.1, -0.05) is 0 Å². The van der Waals surface area contributed by atoms with Crippen LogP contribution in [0, 0.1) is 3.57 Å². The normalized spacial score (nSPS) is 12.1. The van der Waals surface area contributed by atoms with Crippen LogP contribution in [-0.4, -0.2) is 26.8 Å². The van der Waals surface area contributed by atoms with Crippen LogP contribution in [-0.2, 0) is 6.54 Å². The van der Waals surface area contributed by atoms with Crippen molar-refractivity contribution in [2.75, 3.05) is 0 Å². The fraction of sp³-hybridized carbons (Fsp3) is 0.231. The van der Waals surface area contributed by atoms with Gasteiger partial charge >= 0.3 is 0 Å². The smallest absolute Gasteiger partial charge is 0.251 e. The number of phenolic OH excluding ortho intramolecular Hbond substituents is 1. The molecule has 0 spiro atoms. The van der Waals surface area contributed by atoms with Crippen molar-refractivity contribution in [1.29, 1.82) is 0 Å². The van der Waals surface area contributed by atoms with Crippen LogP contribution in [0.4, 0.5) is 0 Å². The molecule has 2 aromatic rings. The summed E-state index contributed by atoms with van der Waals surface area (Å²) in [6, 6.07) is 6.66. The van der Waals surface area contributed by atoms with Gasteiger partial charge in [-0.05, 0) is 53.8 Å². The number of nitrogens with zero attached hydrogens (tertiary/aromatic N) is 2. The van der Waals surface area contributed by atoms with Crippen molar-refractivity contribution in [3.8, 4) is 5.75 Å². The number of aromatic nitrogens is 2. The third-order valence-electron chi connectivity index (χ3n) is 2.61. The van der Waals surface area contributed by atoms with Crippen LogP contribution in [0.3, 0.4) is 0 Å². The molecule has 0 radical (unpaired) electrons. The Morgan fingerprint density at radius 1 is 1.58 bits per heavy atom. The zero-order valence-electron chi connectivity index (χ0n) is 10.4. The lowest BCUT2D eigenvalue weighted by Crippen LogP contribution is -2.35. The molecule has 0 fully saturated rings. The van der Waals surface area contributed by atoms with Gasteiger partial charge in [0.2, 0.25) is 0 Å². The van der Waals surface area contributed by atoms with E-state index in [1.165, 1.54) is 6.07 Å². The molecule has 1 unspecified atom stereocenters. The Labute approximate surface area is 124 Å². The first kappa shape index (κ1) is 13.9. The van der Waals surface area contributed by atoms with Crippen molar-refractivity contribution >= 4 is 28.5 Å². The molecule has 0 aliphatic carbocycles. The highest BCUT2D eigenvalue weighted by Gasteiger charge is 2.11. The van der Waals surface area contributed by atoms with Crippen LogP contribution in [0.1, 0.15) is 17.3 Å². The summed E-state index contributed by atoms with van der Waals surface area (Å²) in [5.41, 5.74) is 0.449. The van der Waals surface area contributed by atoms with Crippen molar-refractivity contribution in [3.63, 3.8) is 0 Å². The van der Waals surface area contributed by atoms with Crippen LogP contribution in [0.5, 0.6) is 5.75 Å². The van der Waals surface area contributed by atoms with Gasteiger partial charge in [-0.15, -0.1) is 0 Å². The van der Waals surface area contributed by atoms with Crippen molar-refractivity contribution < 1.29 is 9.90 Å². The first-order valence-electron chi connectivity index (χ1n) is 5.83. The molecule has 1 amide bonds. The number of aromatic hydroxyl groups is 1. The van der Waals surface area contributed by atoms with E-state index in [1.807, 2.05) is 41.8 Å². The van der Waals surface area contributed by atoms with E-state index in [-0.39, 0.29) is 17.7 Å². The topological polar surface area (TPSA) is 67.2 Å². The van der Waals surface area contributed by atoms with Gasteiger partial charge in [-0.2, -0.15) is 5.10 Å². The Balaban J connectivity index is 1.98. The molecule has 1 aromatic heterocycles. The summed E-state index contributed by atoms with van der Waals surface area (Å²) in [7, 11) is 0. The number of halogens is 1. The van der Waals surface area contributed by atoms with Gasteiger partial charge in [0.05, 0.1) is 10.1 Å². The van der Waals surface area contributed by atoms with Crippen molar-refractivity contribution in [2.24, 2.45) is 0 Å². The minimum Gasteiger partial charge on any atom is -0.507 e. The van der Waals surface area contributed by atoms with E-state index in [1.54, 1.807) is 23.0 Å². The Kier molecular flexibility index (Phi) is 4.41. The fourth-order valence-corrected chi connectivity index (χ4v) is 2.03. The van der Waals surface area contributed by atoms with E-state index in [2.05, 4.69) is 10.4 Å². The van der Waals surface area contributed by atoms with Crippen LogP contribution >= 0.6 is 22.6 Å². The van der Waals surface area contributed by atoms with Crippen LogP contribution < -0.4 is 5.32 Å². The molecule has 0 aliphatic rings. The van der Waals surface area contributed by atoms with E-state index >= 15 is 0 Å². The molecule has 2 N–H and O–H groups in total. The van der Waals surface area contributed by atoms with Gasteiger partial charge in [-0.25, -0.2) is 0 Å². The minimum absolute atomic E-state index is 0.0474. The standard InChI is InChI=1S/C13H14IN3O2/c1-9(8-17-6-2-5-15-17)16-13(19)10-3-4-11(14)12(18)7-10/h2-7,9,18H,8H2,1H3,(H,16,19). The maximum atomic E-state index is 12.0. The van der Waals surface area contributed by atoms with Gasteiger partial charge in [0.15, 0.2) is 0 Å². The lowest BCUT2D eigenvalue weighted by atomic mass is 10.2. The monoisotopic (exact) mass is 371 g/mol.